The maximum atomic E-state index is 12.8. The van der Waals surface area contributed by atoms with Gasteiger partial charge in [-0.2, -0.15) is 0 Å². The molecule has 1 heterocycles. The second-order valence-electron chi connectivity index (χ2n) is 6.80. The van der Waals surface area contributed by atoms with Crippen LogP contribution in [-0.2, 0) is 28.9 Å². The van der Waals surface area contributed by atoms with E-state index >= 15 is 0 Å². The number of sulfonamides is 1. The molecule has 3 rings (SSSR count). The van der Waals surface area contributed by atoms with Crippen molar-refractivity contribution in [3.05, 3.63) is 58.0 Å². The highest BCUT2D eigenvalue weighted by Crippen LogP contribution is 2.24. The van der Waals surface area contributed by atoms with Crippen LogP contribution in [0.15, 0.2) is 47.3 Å². The van der Waals surface area contributed by atoms with Crippen LogP contribution < -0.4 is 15.3 Å². The van der Waals surface area contributed by atoms with Crippen LogP contribution in [0, 0.1) is 0 Å². The first-order chi connectivity index (χ1) is 13.5. The molecule has 0 saturated carbocycles. The van der Waals surface area contributed by atoms with Gasteiger partial charge in [-0.25, -0.2) is 13.2 Å². The number of imidazole rings is 1. The van der Waals surface area contributed by atoms with E-state index in [1.165, 1.54) is 16.1 Å². The Morgan fingerprint density at radius 1 is 1.07 bits per heavy atom. The lowest BCUT2D eigenvalue weighted by atomic mass is 10.2. The van der Waals surface area contributed by atoms with Crippen molar-refractivity contribution in [2.24, 2.45) is 14.1 Å². The number of nitrogens with one attached hydrogen (secondary N) is 1. The number of rotatable bonds is 5. The number of hydrogen-bond donors (Lipinski definition) is 1. The van der Waals surface area contributed by atoms with Gasteiger partial charge in [0, 0.05) is 24.8 Å². The van der Waals surface area contributed by atoms with E-state index in [1.54, 1.807) is 56.6 Å². The monoisotopic (exact) mass is 436 g/mol. The summed E-state index contributed by atoms with van der Waals surface area (Å²) in [5.41, 5.74) is 1.99. The van der Waals surface area contributed by atoms with Gasteiger partial charge in [-0.15, -0.1) is 0 Å². The van der Waals surface area contributed by atoms with E-state index in [9.17, 15) is 18.0 Å². The van der Waals surface area contributed by atoms with Crippen molar-refractivity contribution < 1.29 is 13.2 Å². The summed E-state index contributed by atoms with van der Waals surface area (Å²) in [5.74, 6) is -0.509. The highest BCUT2D eigenvalue weighted by molar-refractivity contribution is 7.92. The number of aryl methyl sites for hydroxylation is 2. The Kier molecular flexibility index (Phi) is 5.46. The molecule has 154 valence electrons. The van der Waals surface area contributed by atoms with Crippen molar-refractivity contribution in [1.29, 1.82) is 0 Å². The Hall–Kier alpha value is -2.78. The maximum absolute atomic E-state index is 12.8. The van der Waals surface area contributed by atoms with Crippen LogP contribution in [0.3, 0.4) is 0 Å². The number of aromatic nitrogens is 2. The van der Waals surface area contributed by atoms with Crippen LogP contribution in [0.2, 0.25) is 5.02 Å². The largest absolute Gasteiger partial charge is 0.328 e. The van der Waals surface area contributed by atoms with E-state index in [0.717, 1.165) is 16.1 Å². The smallest absolute Gasteiger partial charge is 0.324 e. The van der Waals surface area contributed by atoms with Gasteiger partial charge in [-0.05, 0) is 49.4 Å². The van der Waals surface area contributed by atoms with Crippen LogP contribution in [0.4, 0.5) is 11.4 Å². The molecule has 0 aliphatic rings. The number of carbonyl (C=O) groups is 1. The molecule has 1 amide bonds. The molecule has 10 heteroatoms. The van der Waals surface area contributed by atoms with Crippen molar-refractivity contribution in [3.63, 3.8) is 0 Å². The molecule has 0 spiro atoms. The fourth-order valence-corrected chi connectivity index (χ4v) is 4.53. The third kappa shape index (κ3) is 4.01. The summed E-state index contributed by atoms with van der Waals surface area (Å²) in [5, 5.41) is 3.19. The minimum atomic E-state index is -3.73. The van der Waals surface area contributed by atoms with Crippen LogP contribution >= 0.6 is 11.6 Å². The van der Waals surface area contributed by atoms with E-state index in [-0.39, 0.29) is 5.69 Å². The summed E-state index contributed by atoms with van der Waals surface area (Å²) >= 11 is 5.88. The van der Waals surface area contributed by atoms with Gasteiger partial charge in [0.15, 0.2) is 0 Å². The molecule has 2 aromatic carbocycles. The number of amides is 1. The first kappa shape index (κ1) is 20.9. The Morgan fingerprint density at radius 2 is 1.66 bits per heavy atom. The minimum Gasteiger partial charge on any atom is -0.324 e. The van der Waals surface area contributed by atoms with E-state index in [0.29, 0.717) is 21.9 Å². The zero-order chi connectivity index (χ0) is 21.5. The van der Waals surface area contributed by atoms with Crippen molar-refractivity contribution in [1.82, 2.24) is 9.13 Å². The van der Waals surface area contributed by atoms with E-state index in [4.69, 9.17) is 11.6 Å². The van der Waals surface area contributed by atoms with Gasteiger partial charge in [0.2, 0.25) is 15.9 Å². The average molecular weight is 437 g/mol. The second kappa shape index (κ2) is 7.57. The number of anilines is 2. The molecule has 8 nitrogen and oxygen atoms in total. The molecular weight excluding hydrogens is 416 g/mol. The average Bonchev–Trinajstić information content (AvgIpc) is 2.86. The SMILES string of the molecule is CC(C(=O)Nc1ccc2c(c1)n(C)c(=O)n2C)N(c1ccc(Cl)cc1)S(C)(=O)=O. The third-order valence-electron chi connectivity index (χ3n) is 4.71. The Balaban J connectivity index is 1.92. The number of hydrogen-bond acceptors (Lipinski definition) is 4. The van der Waals surface area contributed by atoms with Crippen molar-refractivity contribution in [3.8, 4) is 0 Å². The normalized spacial score (nSPS) is 12.7. The molecule has 0 bridgehead atoms. The Labute approximate surface area is 173 Å². The molecule has 0 aliphatic heterocycles. The fourth-order valence-electron chi connectivity index (χ4n) is 3.23. The van der Waals surface area contributed by atoms with E-state index in [1.807, 2.05) is 0 Å². The quantitative estimate of drug-likeness (QED) is 0.664. The van der Waals surface area contributed by atoms with E-state index < -0.39 is 22.0 Å². The Bertz CT molecular complexity index is 1250. The van der Waals surface area contributed by atoms with Crippen LogP contribution in [0.5, 0.6) is 0 Å². The van der Waals surface area contributed by atoms with Gasteiger partial charge in [0.25, 0.3) is 0 Å². The topological polar surface area (TPSA) is 93.4 Å². The zero-order valence-electron chi connectivity index (χ0n) is 16.4. The number of nitrogens with zero attached hydrogens (tertiary/aromatic N) is 3. The number of carbonyl (C=O) groups excluding carboxylic acids is 1. The third-order valence-corrected chi connectivity index (χ3v) is 6.20. The highest BCUT2D eigenvalue weighted by Gasteiger charge is 2.29. The number of benzene rings is 2. The summed E-state index contributed by atoms with van der Waals surface area (Å²) < 4.78 is 28.7. The second-order valence-corrected chi connectivity index (χ2v) is 9.10. The molecule has 29 heavy (non-hydrogen) atoms. The van der Waals surface area contributed by atoms with Crippen LogP contribution in [0.1, 0.15) is 6.92 Å². The number of halogens is 1. The predicted molar refractivity (Wildman–Crippen MR) is 115 cm³/mol. The molecule has 1 N–H and O–H groups in total. The molecule has 0 radical (unpaired) electrons. The molecule has 0 fully saturated rings. The molecule has 1 atom stereocenters. The van der Waals surface area contributed by atoms with Crippen molar-refractivity contribution >= 4 is 49.9 Å². The molecule has 3 aromatic rings. The summed E-state index contributed by atoms with van der Waals surface area (Å²) in [4.78, 5) is 24.9. The maximum Gasteiger partial charge on any atom is 0.328 e. The lowest BCUT2D eigenvalue weighted by Gasteiger charge is -2.28. The minimum absolute atomic E-state index is 0.178. The molecule has 0 saturated heterocycles. The van der Waals surface area contributed by atoms with Gasteiger partial charge in [0.1, 0.15) is 6.04 Å². The standard InChI is InChI=1S/C19H21ClN4O4S/c1-12(24(29(4,27)28)15-8-5-13(20)6-9-15)18(25)21-14-7-10-16-17(11-14)23(3)19(26)22(16)2/h5-12H,1-4H3,(H,21,25). The first-order valence-corrected chi connectivity index (χ1v) is 10.9. The lowest BCUT2D eigenvalue weighted by Crippen LogP contribution is -2.45. The summed E-state index contributed by atoms with van der Waals surface area (Å²) in [7, 11) is -0.419. The molecule has 0 aliphatic carbocycles. The predicted octanol–water partition coefficient (Wildman–Crippen LogP) is 2.32. The van der Waals surface area contributed by atoms with Gasteiger partial charge in [-0.3, -0.25) is 18.2 Å². The van der Waals surface area contributed by atoms with Crippen molar-refractivity contribution in [2.75, 3.05) is 15.9 Å². The summed E-state index contributed by atoms with van der Waals surface area (Å²) in [6, 6.07) is 10.3. The van der Waals surface area contributed by atoms with Crippen molar-refractivity contribution in [2.45, 2.75) is 13.0 Å². The summed E-state index contributed by atoms with van der Waals surface area (Å²) in [6.45, 7) is 1.50. The molecular formula is C19H21ClN4O4S. The summed E-state index contributed by atoms with van der Waals surface area (Å²) in [6.07, 6.45) is 1.04. The Morgan fingerprint density at radius 3 is 2.24 bits per heavy atom. The first-order valence-electron chi connectivity index (χ1n) is 8.72. The van der Waals surface area contributed by atoms with Crippen LogP contribution in [0.25, 0.3) is 11.0 Å². The van der Waals surface area contributed by atoms with Gasteiger partial charge in [-0.1, -0.05) is 11.6 Å². The lowest BCUT2D eigenvalue weighted by molar-refractivity contribution is -0.116. The molecule has 1 aromatic heterocycles. The van der Waals surface area contributed by atoms with E-state index in [2.05, 4.69) is 5.32 Å². The molecule has 1 unspecified atom stereocenters. The highest BCUT2D eigenvalue weighted by atomic mass is 35.5. The van der Waals surface area contributed by atoms with Crippen LogP contribution in [-0.4, -0.2) is 35.8 Å². The van der Waals surface area contributed by atoms with Gasteiger partial charge >= 0.3 is 5.69 Å². The zero-order valence-corrected chi connectivity index (χ0v) is 18.0. The number of fused-ring (bicyclic) bond motifs is 1. The van der Waals surface area contributed by atoms with Gasteiger partial charge < -0.3 is 5.32 Å². The van der Waals surface area contributed by atoms with Gasteiger partial charge in [0.05, 0.1) is 23.0 Å². The fraction of sp³-hybridized carbons (Fsp3) is 0.263.